The molecule has 0 aliphatic carbocycles. The minimum Gasteiger partial charge on any atom is -0.384 e. The summed E-state index contributed by atoms with van der Waals surface area (Å²) in [5, 5.41) is 0. The highest BCUT2D eigenvalue weighted by atomic mass is 16.2. The lowest BCUT2D eigenvalue weighted by atomic mass is 9.90. The molecule has 1 amide bonds. The Balaban J connectivity index is 1.57. The second-order valence-electron chi connectivity index (χ2n) is 6.51. The van der Waals surface area contributed by atoms with Crippen molar-refractivity contribution in [2.24, 2.45) is 5.92 Å². The Morgan fingerprint density at radius 3 is 2.68 bits per heavy atom. The molecule has 1 saturated heterocycles. The molecular formula is C20H23N3O2. The highest BCUT2D eigenvalue weighted by Gasteiger charge is 2.28. The summed E-state index contributed by atoms with van der Waals surface area (Å²) < 4.78 is 0. The number of nitrogen functional groups attached to an aromatic ring is 1. The van der Waals surface area contributed by atoms with Crippen molar-refractivity contribution in [1.82, 2.24) is 9.88 Å². The number of carbonyl (C=O) groups excluding carboxylic acids is 2. The molecule has 2 aromatic rings. The molecule has 0 saturated carbocycles. The summed E-state index contributed by atoms with van der Waals surface area (Å²) in [6, 6.07) is 13.3. The van der Waals surface area contributed by atoms with Crippen LogP contribution in [0.5, 0.6) is 0 Å². The van der Waals surface area contributed by atoms with Gasteiger partial charge in [-0.05, 0) is 37.0 Å². The van der Waals surface area contributed by atoms with Crippen LogP contribution in [0.3, 0.4) is 0 Å². The molecule has 5 heteroatoms. The fourth-order valence-electron chi connectivity index (χ4n) is 3.26. The molecule has 1 aliphatic rings. The van der Waals surface area contributed by atoms with Crippen LogP contribution in [0.15, 0.2) is 48.7 Å². The summed E-state index contributed by atoms with van der Waals surface area (Å²) in [5.74, 6) is 0.497. The minimum atomic E-state index is -0.0759. The van der Waals surface area contributed by atoms with Crippen molar-refractivity contribution >= 4 is 17.5 Å². The predicted octanol–water partition coefficient (Wildman–Crippen LogP) is 2.72. The quantitative estimate of drug-likeness (QED) is 0.910. The number of nitrogens with two attached hydrogens (primary N) is 1. The van der Waals surface area contributed by atoms with Gasteiger partial charge in [-0.1, -0.05) is 30.3 Å². The molecule has 1 atom stereocenters. The van der Waals surface area contributed by atoms with Crippen LogP contribution < -0.4 is 5.73 Å². The van der Waals surface area contributed by atoms with Gasteiger partial charge in [-0.2, -0.15) is 0 Å². The number of carbonyl (C=O) groups is 2. The molecule has 25 heavy (non-hydrogen) atoms. The number of hydrogen-bond donors (Lipinski definition) is 1. The van der Waals surface area contributed by atoms with Gasteiger partial charge in [-0.3, -0.25) is 9.59 Å². The van der Waals surface area contributed by atoms with E-state index in [1.54, 1.807) is 17.0 Å². The maximum absolute atomic E-state index is 12.6. The number of benzene rings is 1. The van der Waals surface area contributed by atoms with Crippen molar-refractivity contribution in [3.05, 3.63) is 59.8 Å². The average molecular weight is 337 g/mol. The van der Waals surface area contributed by atoms with E-state index in [0.29, 0.717) is 30.9 Å². The number of ketones is 1. The number of aromatic nitrogens is 1. The number of Topliss-reactive ketones (excluding diaryl/α,β-unsaturated/α-hetero) is 1. The zero-order valence-corrected chi connectivity index (χ0v) is 14.2. The molecule has 2 heterocycles. The lowest BCUT2D eigenvalue weighted by Crippen LogP contribution is -2.42. The van der Waals surface area contributed by atoms with E-state index in [4.69, 9.17) is 5.73 Å². The number of rotatable bonds is 5. The molecule has 5 nitrogen and oxygen atoms in total. The lowest BCUT2D eigenvalue weighted by molar-refractivity contribution is -0.124. The van der Waals surface area contributed by atoms with Gasteiger partial charge in [0.25, 0.3) is 5.91 Å². The Bertz CT molecular complexity index is 728. The van der Waals surface area contributed by atoms with Gasteiger partial charge in [-0.25, -0.2) is 4.98 Å². The Kier molecular flexibility index (Phi) is 5.43. The average Bonchev–Trinajstić information content (AvgIpc) is 2.67. The third-order valence-electron chi connectivity index (χ3n) is 4.70. The van der Waals surface area contributed by atoms with Crippen molar-refractivity contribution in [1.29, 1.82) is 0 Å². The molecule has 1 aliphatic heterocycles. The number of hydrogen-bond acceptors (Lipinski definition) is 4. The third kappa shape index (κ3) is 4.44. The molecule has 0 radical (unpaired) electrons. The van der Waals surface area contributed by atoms with Crippen LogP contribution >= 0.6 is 0 Å². The van der Waals surface area contributed by atoms with Crippen LogP contribution in [-0.2, 0) is 11.2 Å². The number of amides is 1. The highest BCUT2D eigenvalue weighted by molar-refractivity contribution is 5.94. The number of piperidine rings is 1. The van der Waals surface area contributed by atoms with E-state index in [9.17, 15) is 9.59 Å². The van der Waals surface area contributed by atoms with Crippen molar-refractivity contribution in [3.63, 3.8) is 0 Å². The van der Waals surface area contributed by atoms with Gasteiger partial charge in [0.1, 0.15) is 11.6 Å². The van der Waals surface area contributed by atoms with Gasteiger partial charge in [0.05, 0.1) is 5.56 Å². The first-order chi connectivity index (χ1) is 12.1. The molecule has 3 rings (SSSR count). The largest absolute Gasteiger partial charge is 0.384 e. The van der Waals surface area contributed by atoms with Crippen molar-refractivity contribution in [2.45, 2.75) is 25.7 Å². The second kappa shape index (κ2) is 7.92. The van der Waals surface area contributed by atoms with E-state index in [1.165, 1.54) is 11.8 Å². The first-order valence-corrected chi connectivity index (χ1v) is 8.71. The van der Waals surface area contributed by atoms with Crippen molar-refractivity contribution in [3.8, 4) is 0 Å². The summed E-state index contributed by atoms with van der Waals surface area (Å²) in [6.45, 7) is 1.18. The molecule has 1 aromatic heterocycles. The summed E-state index contributed by atoms with van der Waals surface area (Å²) in [4.78, 5) is 30.9. The fraction of sp³-hybridized carbons (Fsp3) is 0.350. The topological polar surface area (TPSA) is 76.3 Å². The normalized spacial score (nSPS) is 17.3. The van der Waals surface area contributed by atoms with Crippen LogP contribution in [0.1, 0.15) is 35.2 Å². The summed E-state index contributed by atoms with van der Waals surface area (Å²) >= 11 is 0. The summed E-state index contributed by atoms with van der Waals surface area (Å²) in [5.41, 5.74) is 7.26. The zero-order valence-electron chi connectivity index (χ0n) is 14.2. The van der Waals surface area contributed by atoms with Crippen LogP contribution in [0, 0.1) is 5.92 Å². The molecular weight excluding hydrogens is 314 g/mol. The van der Waals surface area contributed by atoms with Crippen LogP contribution in [-0.4, -0.2) is 34.7 Å². The molecule has 1 fully saturated rings. The highest BCUT2D eigenvalue weighted by Crippen LogP contribution is 2.21. The number of likely N-dealkylation sites (tertiary alicyclic amines) is 1. The number of aryl methyl sites for hydroxylation is 1. The standard InChI is InChI=1S/C20H23N3O2/c21-19-11-9-16(13-22-19)20(25)23-12-4-7-17(14-23)18(24)10-8-15-5-2-1-3-6-15/h1-3,5-6,9,11,13,17H,4,7-8,10,12,14H2,(H2,21,22)/t17-/m1/s1. The van der Waals surface area contributed by atoms with Crippen molar-refractivity contribution < 1.29 is 9.59 Å². The molecule has 0 unspecified atom stereocenters. The third-order valence-corrected chi connectivity index (χ3v) is 4.70. The SMILES string of the molecule is Nc1ccc(C(=O)N2CCC[C@@H](C(=O)CCc3ccccc3)C2)cn1. The Labute approximate surface area is 147 Å². The number of anilines is 1. The van der Waals surface area contributed by atoms with Gasteiger partial charge in [-0.15, -0.1) is 0 Å². The zero-order chi connectivity index (χ0) is 17.6. The molecule has 130 valence electrons. The lowest BCUT2D eigenvalue weighted by Gasteiger charge is -2.32. The van der Waals surface area contributed by atoms with Crippen LogP contribution in [0.4, 0.5) is 5.82 Å². The number of pyridine rings is 1. The van der Waals surface area contributed by atoms with Crippen LogP contribution in [0.25, 0.3) is 0 Å². The van der Waals surface area contributed by atoms with E-state index in [0.717, 1.165) is 19.3 Å². The van der Waals surface area contributed by atoms with Gasteiger partial charge in [0, 0.05) is 31.6 Å². The smallest absolute Gasteiger partial charge is 0.255 e. The summed E-state index contributed by atoms with van der Waals surface area (Å²) in [7, 11) is 0. The Morgan fingerprint density at radius 1 is 1.16 bits per heavy atom. The Morgan fingerprint density at radius 2 is 1.96 bits per heavy atom. The molecule has 1 aromatic carbocycles. The molecule has 0 spiro atoms. The van der Waals surface area contributed by atoms with E-state index in [2.05, 4.69) is 4.98 Å². The van der Waals surface area contributed by atoms with Gasteiger partial charge in [0.2, 0.25) is 0 Å². The first kappa shape index (κ1) is 17.1. The van der Waals surface area contributed by atoms with Crippen LogP contribution in [0.2, 0.25) is 0 Å². The van der Waals surface area contributed by atoms with Gasteiger partial charge < -0.3 is 10.6 Å². The van der Waals surface area contributed by atoms with E-state index < -0.39 is 0 Å². The monoisotopic (exact) mass is 337 g/mol. The van der Waals surface area contributed by atoms with Gasteiger partial charge in [0.15, 0.2) is 0 Å². The van der Waals surface area contributed by atoms with E-state index in [-0.39, 0.29) is 17.6 Å². The minimum absolute atomic E-state index is 0.0665. The van der Waals surface area contributed by atoms with Crippen molar-refractivity contribution in [2.75, 3.05) is 18.8 Å². The predicted molar refractivity (Wildman–Crippen MR) is 97.0 cm³/mol. The Hall–Kier alpha value is -2.69. The van der Waals surface area contributed by atoms with E-state index in [1.807, 2.05) is 30.3 Å². The van der Waals surface area contributed by atoms with Gasteiger partial charge >= 0.3 is 0 Å². The molecule has 0 bridgehead atoms. The summed E-state index contributed by atoms with van der Waals surface area (Å²) in [6.07, 6.45) is 4.50. The first-order valence-electron chi connectivity index (χ1n) is 8.71. The number of nitrogens with zero attached hydrogens (tertiary/aromatic N) is 2. The maximum Gasteiger partial charge on any atom is 0.255 e. The maximum atomic E-state index is 12.6. The second-order valence-corrected chi connectivity index (χ2v) is 6.51. The van der Waals surface area contributed by atoms with E-state index >= 15 is 0 Å². The fourth-order valence-corrected chi connectivity index (χ4v) is 3.26. The molecule has 2 N–H and O–H groups in total.